The average Bonchev–Trinajstić information content (AvgIpc) is 3.34. The standard InChI is InChI=1S/C37H54FNO4/c1-22(2)25-14-19-37(31(40)41)21-20-35(6)26(30(25)37)12-13-28-34(5)17-16-29(33(3,4)27(34)15-18-36(28,35)7)43-32(42)39-24-10-8-23(38)9-11-24/h8-11,22,25-30H,12-21H2,1-7H3,(H,39,42)(H,40,41)/t25-,26+,27-,28+,29+,30+,34-,35+,36+,37-/m0/s1. The summed E-state index contributed by atoms with van der Waals surface area (Å²) in [5.41, 5.74) is 0.272. The van der Waals surface area contributed by atoms with E-state index in [1.165, 1.54) is 18.6 Å². The highest BCUT2D eigenvalue weighted by Crippen LogP contribution is 2.77. The van der Waals surface area contributed by atoms with Gasteiger partial charge in [-0.05, 0) is 140 Å². The van der Waals surface area contributed by atoms with Crippen LogP contribution in [0.4, 0.5) is 14.9 Å². The molecule has 5 fully saturated rings. The van der Waals surface area contributed by atoms with Gasteiger partial charge in [0.05, 0.1) is 5.41 Å². The van der Waals surface area contributed by atoms with Crippen LogP contribution < -0.4 is 5.32 Å². The van der Waals surface area contributed by atoms with Crippen molar-refractivity contribution < 1.29 is 23.8 Å². The van der Waals surface area contributed by atoms with Gasteiger partial charge in [0, 0.05) is 11.1 Å². The molecule has 5 aliphatic carbocycles. The third-order valence-electron chi connectivity index (χ3n) is 15.0. The number of carboxylic acid groups (broad SMARTS) is 1. The summed E-state index contributed by atoms with van der Waals surface area (Å²) in [6.07, 6.45) is 9.57. The summed E-state index contributed by atoms with van der Waals surface area (Å²) in [6.45, 7) is 16.9. The monoisotopic (exact) mass is 595 g/mol. The van der Waals surface area contributed by atoms with Gasteiger partial charge in [-0.3, -0.25) is 10.1 Å². The maximum atomic E-state index is 13.3. The summed E-state index contributed by atoms with van der Waals surface area (Å²) in [7, 11) is 0. The third kappa shape index (κ3) is 4.34. The van der Waals surface area contributed by atoms with Crippen molar-refractivity contribution in [3.05, 3.63) is 30.1 Å². The number of halogens is 1. The van der Waals surface area contributed by atoms with Gasteiger partial charge in [0.1, 0.15) is 11.9 Å². The van der Waals surface area contributed by atoms with Gasteiger partial charge < -0.3 is 9.84 Å². The zero-order valence-corrected chi connectivity index (χ0v) is 27.5. The maximum absolute atomic E-state index is 13.3. The molecular weight excluding hydrogens is 541 g/mol. The van der Waals surface area contributed by atoms with E-state index in [0.717, 1.165) is 57.8 Å². The number of hydrogen-bond donors (Lipinski definition) is 2. The van der Waals surface area contributed by atoms with Crippen molar-refractivity contribution in [2.45, 2.75) is 119 Å². The molecule has 10 atom stereocenters. The Morgan fingerprint density at radius 3 is 2.21 bits per heavy atom. The Balaban J connectivity index is 1.25. The Morgan fingerprint density at radius 2 is 1.56 bits per heavy atom. The summed E-state index contributed by atoms with van der Waals surface area (Å²) in [5, 5.41) is 13.4. The van der Waals surface area contributed by atoms with Crippen LogP contribution in [0, 0.1) is 68.4 Å². The van der Waals surface area contributed by atoms with Crippen LogP contribution in [0.1, 0.15) is 113 Å². The van der Waals surface area contributed by atoms with Gasteiger partial charge in [-0.2, -0.15) is 0 Å². The van der Waals surface area contributed by atoms with Crippen LogP contribution in [0.3, 0.4) is 0 Å². The minimum absolute atomic E-state index is 0.136. The van der Waals surface area contributed by atoms with E-state index in [-0.39, 0.29) is 39.5 Å². The number of nitrogens with one attached hydrogen (secondary N) is 1. The van der Waals surface area contributed by atoms with Crippen molar-refractivity contribution in [3.63, 3.8) is 0 Å². The summed E-state index contributed by atoms with van der Waals surface area (Å²) >= 11 is 0. The van der Waals surface area contributed by atoms with Gasteiger partial charge >= 0.3 is 12.1 Å². The number of carbonyl (C=O) groups is 2. The van der Waals surface area contributed by atoms with E-state index in [9.17, 15) is 19.1 Å². The number of amides is 1. The number of benzene rings is 1. The van der Waals surface area contributed by atoms with E-state index in [2.05, 4.69) is 53.8 Å². The molecule has 0 saturated heterocycles. The van der Waals surface area contributed by atoms with Crippen LogP contribution >= 0.6 is 0 Å². The molecule has 43 heavy (non-hydrogen) atoms. The fourth-order valence-corrected chi connectivity index (χ4v) is 12.8. The zero-order valence-electron chi connectivity index (χ0n) is 27.5. The highest BCUT2D eigenvalue weighted by Gasteiger charge is 2.72. The number of rotatable bonds is 4. The lowest BCUT2D eigenvalue weighted by molar-refractivity contribution is -0.249. The predicted molar refractivity (Wildman–Crippen MR) is 167 cm³/mol. The smallest absolute Gasteiger partial charge is 0.411 e. The topological polar surface area (TPSA) is 75.6 Å². The molecule has 5 nitrogen and oxygen atoms in total. The molecule has 0 bridgehead atoms. The highest BCUT2D eigenvalue weighted by atomic mass is 19.1. The molecule has 5 aliphatic rings. The van der Waals surface area contributed by atoms with Crippen molar-refractivity contribution >= 4 is 17.7 Å². The molecule has 1 aromatic carbocycles. The van der Waals surface area contributed by atoms with E-state index in [4.69, 9.17) is 4.74 Å². The fourth-order valence-electron chi connectivity index (χ4n) is 12.8. The lowest BCUT2D eigenvalue weighted by Crippen LogP contribution is -2.67. The van der Waals surface area contributed by atoms with Crippen molar-refractivity contribution in [1.82, 2.24) is 0 Å². The van der Waals surface area contributed by atoms with Crippen LogP contribution in [0.5, 0.6) is 0 Å². The Hall–Kier alpha value is -2.11. The van der Waals surface area contributed by atoms with Crippen LogP contribution in [-0.2, 0) is 9.53 Å². The Kier molecular flexibility index (Phi) is 7.33. The number of carbonyl (C=O) groups excluding carboxylic acids is 1. The van der Waals surface area contributed by atoms with Gasteiger partial charge in [0.2, 0.25) is 0 Å². The third-order valence-corrected chi connectivity index (χ3v) is 15.0. The first-order chi connectivity index (χ1) is 20.1. The lowest BCUT2D eigenvalue weighted by Gasteiger charge is -2.72. The second-order valence-corrected chi connectivity index (χ2v) is 17.0. The molecule has 0 heterocycles. The summed E-state index contributed by atoms with van der Waals surface area (Å²) < 4.78 is 19.5. The molecular formula is C37H54FNO4. The number of anilines is 1. The SMILES string of the molecule is CC(C)[C@@H]1CC[C@]2(C(=O)O)CC[C@]3(C)[C@H](CC[C@@H]4[C@@]5(C)CC[C@@H](OC(=O)Nc6ccc(F)cc6)C(C)(C)[C@@H]5CC[C@]43C)[C@@H]12. The maximum Gasteiger partial charge on any atom is 0.411 e. The van der Waals surface area contributed by atoms with Crippen LogP contribution in [0.25, 0.3) is 0 Å². The number of fused-ring (bicyclic) bond motifs is 7. The molecule has 0 spiro atoms. The predicted octanol–water partition coefficient (Wildman–Crippen LogP) is 9.56. The first-order valence-corrected chi connectivity index (χ1v) is 17.1. The van der Waals surface area contributed by atoms with E-state index >= 15 is 0 Å². The van der Waals surface area contributed by atoms with Gasteiger partial charge in [-0.1, -0.05) is 48.5 Å². The molecule has 5 saturated carbocycles. The lowest BCUT2D eigenvalue weighted by atomic mass is 9.32. The van der Waals surface area contributed by atoms with E-state index in [0.29, 0.717) is 35.3 Å². The molecule has 1 amide bonds. The second-order valence-electron chi connectivity index (χ2n) is 17.0. The van der Waals surface area contributed by atoms with Crippen molar-refractivity contribution in [2.75, 3.05) is 5.32 Å². The van der Waals surface area contributed by atoms with Crippen LogP contribution in [0.15, 0.2) is 24.3 Å². The fraction of sp³-hybridized carbons (Fsp3) is 0.784. The molecule has 238 valence electrons. The number of hydrogen-bond acceptors (Lipinski definition) is 3. The summed E-state index contributed by atoms with van der Waals surface area (Å²) in [6, 6.07) is 5.78. The van der Waals surface area contributed by atoms with Gasteiger partial charge in [0.15, 0.2) is 0 Å². The van der Waals surface area contributed by atoms with Crippen molar-refractivity contribution in [2.24, 2.45) is 62.6 Å². The normalized spacial score (nSPS) is 44.9. The largest absolute Gasteiger partial charge is 0.481 e. The van der Waals surface area contributed by atoms with Gasteiger partial charge in [-0.25, -0.2) is 9.18 Å². The van der Waals surface area contributed by atoms with E-state index < -0.39 is 17.5 Å². The molecule has 0 aliphatic heterocycles. The second kappa shape index (κ2) is 10.2. The molecule has 1 aromatic rings. The Bertz CT molecular complexity index is 1260. The first kappa shape index (κ1) is 30.9. The first-order valence-electron chi connectivity index (χ1n) is 17.1. The quantitative estimate of drug-likeness (QED) is 0.363. The van der Waals surface area contributed by atoms with Crippen LogP contribution in [-0.4, -0.2) is 23.3 Å². The average molecular weight is 596 g/mol. The Morgan fingerprint density at radius 1 is 0.860 bits per heavy atom. The number of carboxylic acids is 1. The summed E-state index contributed by atoms with van der Waals surface area (Å²) in [5.74, 6) is 1.91. The molecule has 0 radical (unpaired) electrons. The van der Waals surface area contributed by atoms with Crippen molar-refractivity contribution in [1.29, 1.82) is 0 Å². The molecule has 6 heteroatoms. The Labute approximate surface area is 258 Å². The molecule has 0 aromatic heterocycles. The van der Waals surface area contributed by atoms with E-state index in [1.54, 1.807) is 12.1 Å². The van der Waals surface area contributed by atoms with Crippen LogP contribution in [0.2, 0.25) is 0 Å². The van der Waals surface area contributed by atoms with Gasteiger partial charge in [-0.15, -0.1) is 0 Å². The number of ether oxygens (including phenoxy) is 1. The molecule has 0 unspecified atom stereocenters. The summed E-state index contributed by atoms with van der Waals surface area (Å²) in [4.78, 5) is 25.9. The van der Waals surface area contributed by atoms with Gasteiger partial charge in [0.25, 0.3) is 0 Å². The van der Waals surface area contributed by atoms with Crippen molar-refractivity contribution in [3.8, 4) is 0 Å². The highest BCUT2D eigenvalue weighted by molar-refractivity contribution is 5.84. The molecule has 6 rings (SSSR count). The minimum atomic E-state index is -0.533. The zero-order chi connectivity index (χ0) is 31.2. The number of aliphatic carboxylic acids is 1. The minimum Gasteiger partial charge on any atom is -0.481 e. The van der Waals surface area contributed by atoms with E-state index in [1.807, 2.05) is 0 Å². The molecule has 2 N–H and O–H groups in total.